The third kappa shape index (κ3) is 3.96. The Morgan fingerprint density at radius 2 is 1.94 bits per heavy atom. The summed E-state index contributed by atoms with van der Waals surface area (Å²) in [5.74, 6) is -0.243. The minimum atomic E-state index is -0.262. The van der Waals surface area contributed by atoms with E-state index in [1.54, 1.807) is 23.5 Å². The zero-order valence-corrected chi connectivity index (χ0v) is 10.7. The standard InChI is InChI=1S/C14H14FNOS/c15-13-4-1-11(2-5-13)9-16-14(17)6-3-12-7-8-18-10-12/h1-2,4-5,7-8,10H,3,6,9H2,(H,16,17). The molecule has 1 aromatic carbocycles. The fourth-order valence-electron chi connectivity index (χ4n) is 1.58. The molecule has 0 aliphatic rings. The average Bonchev–Trinajstić information content (AvgIpc) is 2.89. The second-order valence-electron chi connectivity index (χ2n) is 4.03. The Morgan fingerprint density at radius 1 is 1.17 bits per heavy atom. The molecule has 0 aliphatic carbocycles. The van der Waals surface area contributed by atoms with Crippen LogP contribution in [0.2, 0.25) is 0 Å². The largest absolute Gasteiger partial charge is 0.352 e. The molecule has 0 spiro atoms. The Hall–Kier alpha value is -1.68. The van der Waals surface area contributed by atoms with E-state index in [1.807, 2.05) is 16.8 Å². The van der Waals surface area contributed by atoms with Gasteiger partial charge in [0.1, 0.15) is 5.82 Å². The van der Waals surface area contributed by atoms with Gasteiger partial charge in [-0.3, -0.25) is 4.79 Å². The molecule has 0 atom stereocenters. The van der Waals surface area contributed by atoms with E-state index in [2.05, 4.69) is 5.32 Å². The van der Waals surface area contributed by atoms with Gasteiger partial charge in [0.25, 0.3) is 0 Å². The molecule has 1 heterocycles. The monoisotopic (exact) mass is 263 g/mol. The van der Waals surface area contributed by atoms with Gasteiger partial charge in [-0.25, -0.2) is 4.39 Å². The highest BCUT2D eigenvalue weighted by Gasteiger charge is 2.02. The van der Waals surface area contributed by atoms with Crippen LogP contribution < -0.4 is 5.32 Å². The van der Waals surface area contributed by atoms with E-state index in [4.69, 9.17) is 0 Å². The van der Waals surface area contributed by atoms with E-state index in [9.17, 15) is 9.18 Å². The van der Waals surface area contributed by atoms with Crippen LogP contribution in [0.15, 0.2) is 41.1 Å². The van der Waals surface area contributed by atoms with Gasteiger partial charge in [0.15, 0.2) is 0 Å². The van der Waals surface area contributed by atoms with Gasteiger partial charge >= 0.3 is 0 Å². The molecule has 4 heteroatoms. The highest BCUT2D eigenvalue weighted by Crippen LogP contribution is 2.08. The second kappa shape index (κ2) is 6.31. The zero-order valence-electron chi connectivity index (χ0n) is 9.86. The summed E-state index contributed by atoms with van der Waals surface area (Å²) in [6.07, 6.45) is 1.25. The number of amides is 1. The molecule has 1 N–H and O–H groups in total. The fourth-order valence-corrected chi connectivity index (χ4v) is 2.29. The fraction of sp³-hybridized carbons (Fsp3) is 0.214. The van der Waals surface area contributed by atoms with Crippen molar-refractivity contribution in [2.24, 2.45) is 0 Å². The molecule has 0 saturated carbocycles. The van der Waals surface area contributed by atoms with Crippen LogP contribution in [-0.4, -0.2) is 5.91 Å². The average molecular weight is 263 g/mol. The van der Waals surface area contributed by atoms with Crippen LogP contribution in [0.5, 0.6) is 0 Å². The maximum absolute atomic E-state index is 12.7. The summed E-state index contributed by atoms with van der Waals surface area (Å²) in [6, 6.07) is 8.17. The van der Waals surface area contributed by atoms with E-state index < -0.39 is 0 Å². The first-order valence-electron chi connectivity index (χ1n) is 5.76. The number of nitrogens with one attached hydrogen (secondary N) is 1. The SMILES string of the molecule is O=C(CCc1ccsc1)NCc1ccc(F)cc1. The maximum Gasteiger partial charge on any atom is 0.220 e. The van der Waals surface area contributed by atoms with Gasteiger partial charge in [0, 0.05) is 13.0 Å². The number of carbonyl (C=O) groups is 1. The summed E-state index contributed by atoms with van der Waals surface area (Å²) in [4.78, 5) is 11.6. The summed E-state index contributed by atoms with van der Waals surface area (Å²) >= 11 is 1.64. The van der Waals surface area contributed by atoms with E-state index in [-0.39, 0.29) is 11.7 Å². The van der Waals surface area contributed by atoms with Crippen LogP contribution in [-0.2, 0) is 17.8 Å². The molecule has 2 rings (SSSR count). The van der Waals surface area contributed by atoms with Gasteiger partial charge in [-0.2, -0.15) is 11.3 Å². The smallest absolute Gasteiger partial charge is 0.220 e. The van der Waals surface area contributed by atoms with Gasteiger partial charge in [0.05, 0.1) is 0 Å². The highest BCUT2D eigenvalue weighted by atomic mass is 32.1. The molecular formula is C14H14FNOS. The predicted molar refractivity (Wildman–Crippen MR) is 70.9 cm³/mol. The summed E-state index contributed by atoms with van der Waals surface area (Å²) in [6.45, 7) is 0.447. The maximum atomic E-state index is 12.7. The van der Waals surface area contributed by atoms with Crippen LogP contribution in [0.25, 0.3) is 0 Å². The van der Waals surface area contributed by atoms with Crippen molar-refractivity contribution in [3.05, 3.63) is 58.0 Å². The summed E-state index contributed by atoms with van der Waals surface area (Å²) < 4.78 is 12.7. The first-order valence-corrected chi connectivity index (χ1v) is 6.70. The lowest BCUT2D eigenvalue weighted by Crippen LogP contribution is -2.22. The first kappa shape index (κ1) is 12.8. The lowest BCUT2D eigenvalue weighted by molar-refractivity contribution is -0.121. The van der Waals surface area contributed by atoms with E-state index in [1.165, 1.54) is 17.7 Å². The lowest BCUT2D eigenvalue weighted by atomic mass is 10.2. The quantitative estimate of drug-likeness (QED) is 0.882. The second-order valence-corrected chi connectivity index (χ2v) is 4.81. The minimum absolute atomic E-state index is 0.0190. The van der Waals surface area contributed by atoms with Crippen molar-refractivity contribution in [1.29, 1.82) is 0 Å². The van der Waals surface area contributed by atoms with Crippen molar-refractivity contribution in [1.82, 2.24) is 5.32 Å². The van der Waals surface area contributed by atoms with Crippen LogP contribution in [0.4, 0.5) is 4.39 Å². The number of hydrogen-bond donors (Lipinski definition) is 1. The molecule has 94 valence electrons. The number of benzene rings is 1. The molecule has 2 aromatic rings. The van der Waals surface area contributed by atoms with Crippen molar-refractivity contribution in [2.75, 3.05) is 0 Å². The molecule has 2 nitrogen and oxygen atoms in total. The van der Waals surface area contributed by atoms with Crippen LogP contribution in [0, 0.1) is 5.82 Å². The number of aryl methyl sites for hydroxylation is 1. The topological polar surface area (TPSA) is 29.1 Å². The van der Waals surface area contributed by atoms with Gasteiger partial charge in [-0.1, -0.05) is 12.1 Å². The van der Waals surface area contributed by atoms with Gasteiger partial charge < -0.3 is 5.32 Å². The third-order valence-electron chi connectivity index (χ3n) is 2.62. The zero-order chi connectivity index (χ0) is 12.8. The Morgan fingerprint density at radius 3 is 2.61 bits per heavy atom. The Labute approximate surface area is 109 Å². The third-order valence-corrected chi connectivity index (χ3v) is 3.36. The molecule has 0 fully saturated rings. The van der Waals surface area contributed by atoms with E-state index in [0.717, 1.165) is 12.0 Å². The number of carbonyl (C=O) groups excluding carboxylic acids is 1. The highest BCUT2D eigenvalue weighted by molar-refractivity contribution is 7.07. The lowest BCUT2D eigenvalue weighted by Gasteiger charge is -2.04. The summed E-state index contributed by atoms with van der Waals surface area (Å²) in [5.41, 5.74) is 2.09. The van der Waals surface area contributed by atoms with E-state index in [0.29, 0.717) is 13.0 Å². The first-order chi connectivity index (χ1) is 8.74. The molecular weight excluding hydrogens is 249 g/mol. The van der Waals surface area contributed by atoms with Gasteiger partial charge in [-0.05, 0) is 46.5 Å². The molecule has 0 bridgehead atoms. The van der Waals surface area contributed by atoms with Crippen molar-refractivity contribution in [3.63, 3.8) is 0 Å². The van der Waals surface area contributed by atoms with Crippen molar-refractivity contribution < 1.29 is 9.18 Å². The van der Waals surface area contributed by atoms with Crippen molar-refractivity contribution >= 4 is 17.2 Å². The number of hydrogen-bond acceptors (Lipinski definition) is 2. The number of thiophene rings is 1. The van der Waals surface area contributed by atoms with Crippen LogP contribution in [0.1, 0.15) is 17.5 Å². The molecule has 0 radical (unpaired) electrons. The Kier molecular flexibility index (Phi) is 4.47. The molecule has 1 amide bonds. The Balaban J connectivity index is 1.73. The van der Waals surface area contributed by atoms with E-state index >= 15 is 0 Å². The minimum Gasteiger partial charge on any atom is -0.352 e. The predicted octanol–water partition coefficient (Wildman–Crippen LogP) is 3.14. The molecule has 18 heavy (non-hydrogen) atoms. The van der Waals surface area contributed by atoms with Gasteiger partial charge in [0.2, 0.25) is 5.91 Å². The normalized spacial score (nSPS) is 10.3. The summed E-state index contributed by atoms with van der Waals surface area (Å²) in [5, 5.41) is 6.88. The van der Waals surface area contributed by atoms with Gasteiger partial charge in [-0.15, -0.1) is 0 Å². The molecule has 0 saturated heterocycles. The molecule has 1 aromatic heterocycles. The molecule has 0 aliphatic heterocycles. The summed E-state index contributed by atoms with van der Waals surface area (Å²) in [7, 11) is 0. The van der Waals surface area contributed by atoms with Crippen molar-refractivity contribution in [3.8, 4) is 0 Å². The van der Waals surface area contributed by atoms with Crippen LogP contribution >= 0.6 is 11.3 Å². The van der Waals surface area contributed by atoms with Crippen LogP contribution in [0.3, 0.4) is 0 Å². The Bertz CT molecular complexity index is 493. The number of rotatable bonds is 5. The number of halogens is 1. The van der Waals surface area contributed by atoms with Crippen molar-refractivity contribution in [2.45, 2.75) is 19.4 Å². The molecule has 0 unspecified atom stereocenters.